The number of hydrogen-bond acceptors (Lipinski definition) is 4. The van der Waals surface area contributed by atoms with Gasteiger partial charge in [-0.25, -0.2) is 9.18 Å². The average Bonchev–Trinajstić information content (AvgIpc) is 3.64. The van der Waals surface area contributed by atoms with E-state index in [1.165, 1.54) is 12.8 Å². The summed E-state index contributed by atoms with van der Waals surface area (Å²) in [5.74, 6) is 1.46. The van der Waals surface area contributed by atoms with Crippen LogP contribution >= 0.6 is 11.6 Å². The number of piperidine rings is 3. The SMILES string of the molecule is CC1(C)Cc2cc(-c3ccc(OCC4CC4)cc3Cl)c(F)cc2[C@@H]1NC(=O)O[C@H]1CN2CCC1CC2. The Morgan fingerprint density at radius 3 is 2.58 bits per heavy atom. The molecule has 1 amide bonds. The average molecular weight is 513 g/mol. The number of ether oxygens (including phenoxy) is 2. The van der Waals surface area contributed by atoms with Crippen LogP contribution in [0.2, 0.25) is 5.02 Å². The number of alkyl carbamates (subject to hydrolysis) is 1. The highest BCUT2D eigenvalue weighted by Crippen LogP contribution is 2.47. The van der Waals surface area contributed by atoms with Crippen molar-refractivity contribution in [3.63, 3.8) is 0 Å². The van der Waals surface area contributed by atoms with Gasteiger partial charge in [0.1, 0.15) is 17.7 Å². The lowest BCUT2D eigenvalue weighted by Crippen LogP contribution is -2.53. The number of fused-ring (bicyclic) bond motifs is 4. The molecule has 2 aliphatic carbocycles. The maximum Gasteiger partial charge on any atom is 0.407 e. The first-order valence-electron chi connectivity index (χ1n) is 13.2. The van der Waals surface area contributed by atoms with Crippen LogP contribution in [0.15, 0.2) is 30.3 Å². The van der Waals surface area contributed by atoms with Gasteiger partial charge in [-0.3, -0.25) is 4.90 Å². The first kappa shape index (κ1) is 24.1. The van der Waals surface area contributed by atoms with Gasteiger partial charge in [-0.2, -0.15) is 0 Å². The lowest BCUT2D eigenvalue weighted by atomic mass is 9.85. The number of nitrogens with zero attached hydrogens (tertiary/aromatic N) is 1. The number of rotatable bonds is 6. The minimum absolute atomic E-state index is 0.0611. The van der Waals surface area contributed by atoms with Crippen molar-refractivity contribution >= 4 is 17.7 Å². The van der Waals surface area contributed by atoms with E-state index in [0.29, 0.717) is 40.3 Å². The summed E-state index contributed by atoms with van der Waals surface area (Å²) in [6, 6.07) is 8.58. The summed E-state index contributed by atoms with van der Waals surface area (Å²) in [7, 11) is 0. The van der Waals surface area contributed by atoms with Crippen LogP contribution in [0.25, 0.3) is 11.1 Å². The fraction of sp³-hybridized carbons (Fsp3) is 0.552. The molecule has 3 aliphatic heterocycles. The maximum absolute atomic E-state index is 15.5. The summed E-state index contributed by atoms with van der Waals surface area (Å²) in [5, 5.41) is 3.54. The molecule has 1 N–H and O–H groups in total. The highest BCUT2D eigenvalue weighted by molar-refractivity contribution is 6.33. The monoisotopic (exact) mass is 512 g/mol. The number of carbonyl (C=O) groups excluding carboxylic acids is 1. The van der Waals surface area contributed by atoms with Crippen LogP contribution in [0, 0.1) is 23.1 Å². The molecule has 0 unspecified atom stereocenters. The van der Waals surface area contributed by atoms with Crippen molar-refractivity contribution in [2.45, 2.75) is 58.1 Å². The quantitative estimate of drug-likeness (QED) is 0.488. The maximum atomic E-state index is 15.5. The van der Waals surface area contributed by atoms with Crippen molar-refractivity contribution in [3.05, 3.63) is 52.3 Å². The first-order valence-corrected chi connectivity index (χ1v) is 13.6. The van der Waals surface area contributed by atoms with E-state index >= 15 is 4.39 Å². The van der Waals surface area contributed by atoms with Crippen molar-refractivity contribution in [2.24, 2.45) is 17.3 Å². The van der Waals surface area contributed by atoms with Crippen LogP contribution in [0.3, 0.4) is 0 Å². The number of nitrogens with one attached hydrogen (secondary N) is 1. The molecule has 5 aliphatic rings. The smallest absolute Gasteiger partial charge is 0.407 e. The molecular formula is C29H34ClFN2O3. The van der Waals surface area contributed by atoms with Gasteiger partial charge in [-0.1, -0.05) is 25.4 Å². The van der Waals surface area contributed by atoms with Crippen LogP contribution in [0.4, 0.5) is 9.18 Å². The second-order valence-electron chi connectivity index (χ2n) is 11.8. The lowest BCUT2D eigenvalue weighted by Gasteiger charge is -2.44. The van der Waals surface area contributed by atoms with Gasteiger partial charge >= 0.3 is 6.09 Å². The molecule has 3 heterocycles. The Morgan fingerprint density at radius 1 is 1.14 bits per heavy atom. The molecule has 5 nitrogen and oxygen atoms in total. The van der Waals surface area contributed by atoms with Crippen molar-refractivity contribution in [2.75, 3.05) is 26.2 Å². The molecule has 192 valence electrons. The van der Waals surface area contributed by atoms with E-state index in [2.05, 4.69) is 24.1 Å². The Hall–Kier alpha value is -2.31. The van der Waals surface area contributed by atoms with E-state index in [9.17, 15) is 4.79 Å². The number of halogens is 2. The zero-order valence-corrected chi connectivity index (χ0v) is 21.7. The third-order valence-corrected chi connectivity index (χ3v) is 8.81. The highest BCUT2D eigenvalue weighted by Gasteiger charge is 2.42. The van der Waals surface area contributed by atoms with Gasteiger partial charge in [-0.15, -0.1) is 0 Å². The van der Waals surface area contributed by atoms with E-state index in [1.807, 2.05) is 18.2 Å². The molecule has 0 aromatic heterocycles. The molecule has 3 saturated heterocycles. The molecule has 0 radical (unpaired) electrons. The van der Waals surface area contributed by atoms with E-state index in [1.54, 1.807) is 12.1 Å². The fourth-order valence-electron chi connectivity index (χ4n) is 6.19. The van der Waals surface area contributed by atoms with Gasteiger partial charge in [0, 0.05) is 17.7 Å². The second-order valence-corrected chi connectivity index (χ2v) is 12.2. The minimum Gasteiger partial charge on any atom is -0.493 e. The van der Waals surface area contributed by atoms with E-state index < -0.39 is 6.09 Å². The van der Waals surface area contributed by atoms with Crippen LogP contribution in [-0.4, -0.2) is 43.3 Å². The Kier molecular flexibility index (Phi) is 6.16. The lowest BCUT2D eigenvalue weighted by molar-refractivity contribution is -0.0349. The van der Waals surface area contributed by atoms with Crippen molar-refractivity contribution in [3.8, 4) is 16.9 Å². The van der Waals surface area contributed by atoms with E-state index in [0.717, 1.165) is 50.0 Å². The molecule has 2 aromatic carbocycles. The van der Waals surface area contributed by atoms with Crippen molar-refractivity contribution in [1.29, 1.82) is 0 Å². The molecule has 7 rings (SSSR count). The van der Waals surface area contributed by atoms with E-state index in [4.69, 9.17) is 21.1 Å². The first-order chi connectivity index (χ1) is 17.3. The Labute approximate surface area is 217 Å². The van der Waals surface area contributed by atoms with Crippen LogP contribution in [-0.2, 0) is 11.2 Å². The zero-order valence-electron chi connectivity index (χ0n) is 21.0. The Morgan fingerprint density at radius 2 is 1.92 bits per heavy atom. The number of hydrogen-bond donors (Lipinski definition) is 1. The summed E-state index contributed by atoms with van der Waals surface area (Å²) in [6.45, 7) is 7.90. The summed E-state index contributed by atoms with van der Waals surface area (Å²) in [4.78, 5) is 15.3. The Balaban J connectivity index is 1.20. The summed E-state index contributed by atoms with van der Waals surface area (Å²) >= 11 is 6.57. The van der Waals surface area contributed by atoms with Crippen molar-refractivity contribution in [1.82, 2.24) is 10.2 Å². The molecule has 2 atom stereocenters. The molecular weight excluding hydrogens is 479 g/mol. The summed E-state index contributed by atoms with van der Waals surface area (Å²) < 4.78 is 27.2. The number of amides is 1. The molecule has 1 saturated carbocycles. The fourth-order valence-corrected chi connectivity index (χ4v) is 6.46. The second kappa shape index (κ2) is 9.21. The molecule has 0 spiro atoms. The zero-order chi connectivity index (χ0) is 25.0. The van der Waals surface area contributed by atoms with Crippen molar-refractivity contribution < 1.29 is 18.7 Å². The third-order valence-electron chi connectivity index (χ3n) is 8.50. The van der Waals surface area contributed by atoms with Crippen LogP contribution in [0.5, 0.6) is 5.75 Å². The molecule has 2 aromatic rings. The summed E-state index contributed by atoms with van der Waals surface area (Å²) in [5.41, 5.74) is 2.68. The standard InChI is InChI=1S/C29H34ClFN2O3/c1-29(2)14-19-11-23(21-6-5-20(12-24(21)30)35-16-17-3-4-17)25(31)13-22(19)27(29)32-28(34)36-26-15-33-9-7-18(26)8-10-33/h5-6,11-13,17-18,26-27H,3-4,7-10,14-16H2,1-2H3,(H,32,34)/t26-,27-/m0/s1. The normalized spacial score (nSPS) is 28.0. The molecule has 36 heavy (non-hydrogen) atoms. The van der Waals surface area contributed by atoms with E-state index in [-0.39, 0.29) is 23.4 Å². The van der Waals surface area contributed by atoms with Gasteiger partial charge in [0.25, 0.3) is 0 Å². The van der Waals surface area contributed by atoms with Crippen LogP contribution < -0.4 is 10.1 Å². The Bertz CT molecular complexity index is 1170. The number of benzene rings is 2. The van der Waals surface area contributed by atoms with Gasteiger partial charge in [0.05, 0.1) is 17.7 Å². The van der Waals surface area contributed by atoms with Gasteiger partial charge in [0.2, 0.25) is 0 Å². The molecule has 4 fully saturated rings. The highest BCUT2D eigenvalue weighted by atomic mass is 35.5. The van der Waals surface area contributed by atoms with Crippen LogP contribution in [0.1, 0.15) is 56.7 Å². The van der Waals surface area contributed by atoms with Gasteiger partial charge in [0.15, 0.2) is 0 Å². The largest absolute Gasteiger partial charge is 0.493 e. The number of carbonyl (C=O) groups is 1. The van der Waals surface area contributed by atoms with Gasteiger partial charge < -0.3 is 14.8 Å². The molecule has 7 heteroatoms. The molecule has 2 bridgehead atoms. The van der Waals surface area contributed by atoms with Gasteiger partial charge in [-0.05, 0) is 104 Å². The minimum atomic E-state index is -0.408. The summed E-state index contributed by atoms with van der Waals surface area (Å²) in [6.07, 6.45) is 4.86. The predicted molar refractivity (Wildman–Crippen MR) is 138 cm³/mol. The topological polar surface area (TPSA) is 50.8 Å². The predicted octanol–water partition coefficient (Wildman–Crippen LogP) is 6.38. The third kappa shape index (κ3) is 4.70.